The van der Waals surface area contributed by atoms with Crippen LogP contribution in [0.3, 0.4) is 0 Å². The van der Waals surface area contributed by atoms with E-state index in [0.717, 1.165) is 5.69 Å². The Morgan fingerprint density at radius 2 is 2.18 bits per heavy atom. The topological polar surface area (TPSA) is 68.0 Å². The van der Waals surface area contributed by atoms with Gasteiger partial charge in [0.05, 0.1) is 10.6 Å². The summed E-state index contributed by atoms with van der Waals surface area (Å²) in [6.45, 7) is 3.54. The lowest BCUT2D eigenvalue weighted by molar-refractivity contribution is 0.102. The van der Waals surface area contributed by atoms with Crippen molar-refractivity contribution in [3.63, 3.8) is 0 Å². The molecule has 0 aliphatic carbocycles. The monoisotopic (exact) mass is 251 g/mol. The first-order chi connectivity index (χ1) is 8.06. The van der Waals surface area contributed by atoms with Crippen molar-refractivity contribution in [2.75, 3.05) is 5.32 Å². The fraction of sp³-hybridized carbons (Fsp3) is 0.182. The Hall–Kier alpha value is -1.88. The number of aromatic nitrogens is 2. The highest BCUT2D eigenvalue weighted by molar-refractivity contribution is 6.34. The number of carbonyl (C=O) groups is 1. The largest absolute Gasteiger partial charge is 0.360 e. The molecule has 0 saturated carbocycles. The fourth-order valence-corrected chi connectivity index (χ4v) is 1.60. The fourth-order valence-electron chi connectivity index (χ4n) is 1.30. The summed E-state index contributed by atoms with van der Waals surface area (Å²) in [5, 5.41) is 6.59. The van der Waals surface area contributed by atoms with Crippen molar-refractivity contribution in [3.8, 4) is 0 Å². The number of pyridine rings is 1. The van der Waals surface area contributed by atoms with Crippen LogP contribution >= 0.6 is 11.6 Å². The zero-order valence-corrected chi connectivity index (χ0v) is 10.1. The van der Waals surface area contributed by atoms with Gasteiger partial charge in [-0.25, -0.2) is 0 Å². The molecule has 0 radical (unpaired) electrons. The van der Waals surface area contributed by atoms with Gasteiger partial charge in [0.2, 0.25) is 0 Å². The van der Waals surface area contributed by atoms with Crippen LogP contribution in [0.1, 0.15) is 21.8 Å². The maximum absolute atomic E-state index is 11.8. The average molecular weight is 252 g/mol. The second-order valence-electron chi connectivity index (χ2n) is 3.58. The summed E-state index contributed by atoms with van der Waals surface area (Å²) in [7, 11) is 0. The van der Waals surface area contributed by atoms with E-state index in [4.69, 9.17) is 16.1 Å². The van der Waals surface area contributed by atoms with Crippen LogP contribution in [0.4, 0.5) is 5.82 Å². The molecule has 2 rings (SSSR count). The van der Waals surface area contributed by atoms with Crippen molar-refractivity contribution < 1.29 is 9.32 Å². The summed E-state index contributed by atoms with van der Waals surface area (Å²) in [4.78, 5) is 15.9. The van der Waals surface area contributed by atoms with E-state index in [9.17, 15) is 4.79 Å². The molecule has 0 aromatic carbocycles. The van der Waals surface area contributed by atoms with Crippen molar-refractivity contribution in [1.82, 2.24) is 10.1 Å². The highest BCUT2D eigenvalue weighted by Gasteiger charge is 2.13. The third-order valence-corrected chi connectivity index (χ3v) is 2.42. The van der Waals surface area contributed by atoms with Gasteiger partial charge in [-0.15, -0.1) is 0 Å². The van der Waals surface area contributed by atoms with Crippen molar-refractivity contribution in [2.24, 2.45) is 0 Å². The summed E-state index contributed by atoms with van der Waals surface area (Å²) in [6.07, 6.45) is 1.43. The Kier molecular flexibility index (Phi) is 3.10. The van der Waals surface area contributed by atoms with Crippen LogP contribution in [0.25, 0.3) is 0 Å². The first kappa shape index (κ1) is 11.6. The van der Waals surface area contributed by atoms with Crippen molar-refractivity contribution in [3.05, 3.63) is 40.4 Å². The lowest BCUT2D eigenvalue weighted by atomic mass is 10.2. The van der Waals surface area contributed by atoms with Crippen LogP contribution in [0.15, 0.2) is 22.9 Å². The SMILES string of the molecule is Cc1cc(Cl)c(C(=O)Nc2cc(C)on2)cn1. The van der Waals surface area contributed by atoms with Gasteiger partial charge in [0.25, 0.3) is 5.91 Å². The van der Waals surface area contributed by atoms with E-state index in [1.54, 1.807) is 26.0 Å². The number of anilines is 1. The molecule has 1 amide bonds. The van der Waals surface area contributed by atoms with Crippen LogP contribution in [0, 0.1) is 13.8 Å². The van der Waals surface area contributed by atoms with Gasteiger partial charge >= 0.3 is 0 Å². The minimum Gasteiger partial charge on any atom is -0.360 e. The molecule has 0 aliphatic rings. The maximum atomic E-state index is 11.8. The molecule has 2 heterocycles. The average Bonchev–Trinajstić information content (AvgIpc) is 2.63. The quantitative estimate of drug-likeness (QED) is 0.891. The predicted molar refractivity (Wildman–Crippen MR) is 63.2 cm³/mol. The molecular weight excluding hydrogens is 242 g/mol. The van der Waals surface area contributed by atoms with Gasteiger partial charge in [-0.2, -0.15) is 0 Å². The first-order valence-electron chi connectivity index (χ1n) is 4.93. The van der Waals surface area contributed by atoms with Crippen LogP contribution in [-0.4, -0.2) is 16.0 Å². The van der Waals surface area contributed by atoms with E-state index in [1.807, 2.05) is 0 Å². The highest BCUT2D eigenvalue weighted by Crippen LogP contribution is 2.17. The minimum absolute atomic E-state index is 0.304. The molecule has 2 aromatic heterocycles. The Labute approximate surface area is 103 Å². The van der Waals surface area contributed by atoms with Crippen molar-refractivity contribution in [2.45, 2.75) is 13.8 Å². The molecule has 2 aromatic rings. The lowest BCUT2D eigenvalue weighted by Gasteiger charge is -2.03. The molecule has 0 bridgehead atoms. The number of hydrogen-bond donors (Lipinski definition) is 1. The summed E-state index contributed by atoms with van der Waals surface area (Å²) >= 11 is 5.95. The summed E-state index contributed by atoms with van der Waals surface area (Å²) < 4.78 is 4.84. The van der Waals surface area contributed by atoms with Gasteiger partial charge in [0, 0.05) is 18.0 Å². The minimum atomic E-state index is -0.365. The molecule has 0 fully saturated rings. The maximum Gasteiger partial charge on any atom is 0.259 e. The van der Waals surface area contributed by atoms with Crippen molar-refractivity contribution in [1.29, 1.82) is 0 Å². The number of halogens is 1. The molecule has 17 heavy (non-hydrogen) atoms. The first-order valence-corrected chi connectivity index (χ1v) is 5.31. The highest BCUT2D eigenvalue weighted by atomic mass is 35.5. The van der Waals surface area contributed by atoms with Gasteiger partial charge in [-0.05, 0) is 19.9 Å². The van der Waals surface area contributed by atoms with Gasteiger partial charge in [-0.3, -0.25) is 9.78 Å². The van der Waals surface area contributed by atoms with E-state index < -0.39 is 0 Å². The third-order valence-electron chi connectivity index (χ3n) is 2.10. The number of aryl methyl sites for hydroxylation is 2. The second kappa shape index (κ2) is 4.55. The predicted octanol–water partition coefficient (Wildman–Crippen LogP) is 2.59. The summed E-state index contributed by atoms with van der Waals surface area (Å²) in [5.41, 5.74) is 1.06. The smallest absolute Gasteiger partial charge is 0.259 e. The number of rotatable bonds is 2. The Balaban J connectivity index is 2.20. The van der Waals surface area contributed by atoms with E-state index in [2.05, 4.69) is 15.5 Å². The zero-order chi connectivity index (χ0) is 12.4. The second-order valence-corrected chi connectivity index (χ2v) is 3.99. The van der Waals surface area contributed by atoms with E-state index in [-0.39, 0.29) is 5.91 Å². The number of nitrogens with one attached hydrogen (secondary N) is 1. The van der Waals surface area contributed by atoms with Crippen LogP contribution in [0.5, 0.6) is 0 Å². The Morgan fingerprint density at radius 3 is 2.76 bits per heavy atom. The molecular formula is C11H10ClN3O2. The molecule has 0 saturated heterocycles. The van der Waals surface area contributed by atoms with Gasteiger partial charge in [0.1, 0.15) is 5.76 Å². The molecule has 5 nitrogen and oxygen atoms in total. The van der Waals surface area contributed by atoms with Crippen LogP contribution in [-0.2, 0) is 0 Å². The molecule has 6 heteroatoms. The molecule has 0 aliphatic heterocycles. The van der Waals surface area contributed by atoms with E-state index in [0.29, 0.717) is 22.2 Å². The number of hydrogen-bond acceptors (Lipinski definition) is 4. The summed E-state index contributed by atoms with van der Waals surface area (Å²) in [6, 6.07) is 3.25. The Morgan fingerprint density at radius 1 is 1.41 bits per heavy atom. The van der Waals surface area contributed by atoms with E-state index >= 15 is 0 Å². The van der Waals surface area contributed by atoms with Crippen LogP contribution in [0.2, 0.25) is 5.02 Å². The Bertz CT molecular complexity index is 566. The number of amides is 1. The number of nitrogens with zero attached hydrogens (tertiary/aromatic N) is 2. The van der Waals surface area contributed by atoms with Crippen LogP contribution < -0.4 is 5.32 Å². The molecule has 0 unspecified atom stereocenters. The van der Waals surface area contributed by atoms with Gasteiger partial charge in [-0.1, -0.05) is 16.8 Å². The lowest BCUT2D eigenvalue weighted by Crippen LogP contribution is -2.13. The van der Waals surface area contributed by atoms with Crippen molar-refractivity contribution >= 4 is 23.3 Å². The molecule has 88 valence electrons. The van der Waals surface area contributed by atoms with Gasteiger partial charge in [0.15, 0.2) is 5.82 Å². The standard InChI is InChI=1S/C11H10ClN3O2/c1-6-3-9(12)8(5-13-6)11(16)14-10-4-7(2)17-15-10/h3-5H,1-2H3,(H,14,15,16). The zero-order valence-electron chi connectivity index (χ0n) is 9.32. The number of carbonyl (C=O) groups excluding carboxylic acids is 1. The normalized spacial score (nSPS) is 10.3. The third kappa shape index (κ3) is 2.62. The van der Waals surface area contributed by atoms with E-state index in [1.165, 1.54) is 6.20 Å². The molecule has 0 atom stereocenters. The molecule has 0 spiro atoms. The van der Waals surface area contributed by atoms with Gasteiger partial charge < -0.3 is 9.84 Å². The summed E-state index contributed by atoms with van der Waals surface area (Å²) in [5.74, 6) is 0.605. The molecule has 1 N–H and O–H groups in total.